The fraction of sp³-hybridized carbons (Fsp3) is 0.111. The maximum absolute atomic E-state index is 14.5. The Hall–Kier alpha value is -2.37. The maximum atomic E-state index is 14.5. The number of aromatic hydroxyl groups is 1. The van der Waals surface area contributed by atoms with E-state index in [-0.39, 0.29) is 22.9 Å². The Labute approximate surface area is 153 Å². The third kappa shape index (κ3) is 2.69. The molecule has 0 atom stereocenters. The summed E-state index contributed by atoms with van der Waals surface area (Å²) in [5.74, 6) is 0.177. The highest BCUT2D eigenvalue weighted by Gasteiger charge is 2.28. The van der Waals surface area contributed by atoms with Crippen molar-refractivity contribution in [2.75, 3.05) is 18.0 Å². The predicted octanol–water partition coefficient (Wildman–Crippen LogP) is 4.42. The largest absolute Gasteiger partial charge is 0.508 e. The molecule has 0 bridgehead atoms. The SMILES string of the molecule is Oc1ccc(F)c(C2=NCC3=NC=CCN3c3ccc(Cl)c(Cl)c32)c1. The number of hydrogen-bond acceptors (Lipinski definition) is 4. The molecule has 2 aromatic carbocycles. The minimum Gasteiger partial charge on any atom is -0.508 e. The van der Waals surface area contributed by atoms with Crippen LogP contribution in [0.15, 0.2) is 52.6 Å². The van der Waals surface area contributed by atoms with E-state index in [0.29, 0.717) is 22.8 Å². The molecule has 4 rings (SSSR count). The van der Waals surface area contributed by atoms with Gasteiger partial charge in [-0.05, 0) is 36.4 Å². The van der Waals surface area contributed by atoms with E-state index in [1.54, 1.807) is 12.3 Å². The highest BCUT2D eigenvalue weighted by molar-refractivity contribution is 6.45. The Balaban J connectivity index is 2.01. The second-order valence-corrected chi connectivity index (χ2v) is 6.41. The lowest BCUT2D eigenvalue weighted by Crippen LogP contribution is -2.34. The average molecular weight is 376 g/mol. The fourth-order valence-electron chi connectivity index (χ4n) is 2.96. The van der Waals surface area contributed by atoms with E-state index in [1.165, 1.54) is 18.2 Å². The van der Waals surface area contributed by atoms with Crippen LogP contribution in [0.25, 0.3) is 0 Å². The Morgan fingerprint density at radius 1 is 1.16 bits per heavy atom. The molecule has 2 heterocycles. The number of nitrogens with zero attached hydrogens (tertiary/aromatic N) is 3. The van der Waals surface area contributed by atoms with Gasteiger partial charge in [-0.25, -0.2) is 9.38 Å². The van der Waals surface area contributed by atoms with Crippen LogP contribution in [0.2, 0.25) is 10.0 Å². The van der Waals surface area contributed by atoms with Gasteiger partial charge in [0.1, 0.15) is 17.4 Å². The fourth-order valence-corrected chi connectivity index (χ4v) is 3.37. The number of phenolic OH excluding ortho intramolecular Hbond substituents is 1. The minimum atomic E-state index is -0.501. The number of halogens is 3. The zero-order chi connectivity index (χ0) is 17.6. The number of fused-ring (bicyclic) bond motifs is 3. The predicted molar refractivity (Wildman–Crippen MR) is 99.0 cm³/mol. The summed E-state index contributed by atoms with van der Waals surface area (Å²) in [7, 11) is 0. The molecule has 4 nitrogen and oxygen atoms in total. The number of rotatable bonds is 1. The van der Waals surface area contributed by atoms with Crippen LogP contribution in [0.1, 0.15) is 11.1 Å². The van der Waals surface area contributed by atoms with Crippen LogP contribution in [0.4, 0.5) is 10.1 Å². The second kappa shape index (κ2) is 6.17. The molecule has 2 aliphatic heterocycles. The Bertz CT molecular complexity index is 969. The first kappa shape index (κ1) is 16.1. The summed E-state index contributed by atoms with van der Waals surface area (Å²) in [5, 5.41) is 10.4. The lowest BCUT2D eigenvalue weighted by molar-refractivity contribution is 0.473. The van der Waals surface area contributed by atoms with Gasteiger partial charge in [0.2, 0.25) is 0 Å². The molecule has 0 aromatic heterocycles. The van der Waals surface area contributed by atoms with E-state index in [0.717, 1.165) is 11.5 Å². The summed E-state index contributed by atoms with van der Waals surface area (Å²) >= 11 is 12.7. The lowest BCUT2D eigenvalue weighted by Gasteiger charge is -2.27. The van der Waals surface area contributed by atoms with Crippen LogP contribution in [0.3, 0.4) is 0 Å². The topological polar surface area (TPSA) is 48.2 Å². The first-order valence-corrected chi connectivity index (χ1v) is 8.33. The van der Waals surface area contributed by atoms with Crippen molar-refractivity contribution in [3.63, 3.8) is 0 Å². The minimum absolute atomic E-state index is 0.0558. The second-order valence-electron chi connectivity index (χ2n) is 5.63. The molecular weight excluding hydrogens is 364 g/mol. The van der Waals surface area contributed by atoms with Crippen molar-refractivity contribution < 1.29 is 9.50 Å². The number of hydrogen-bond donors (Lipinski definition) is 1. The molecule has 1 N–H and O–H groups in total. The van der Waals surface area contributed by atoms with Gasteiger partial charge in [-0.2, -0.15) is 0 Å². The van der Waals surface area contributed by atoms with Gasteiger partial charge in [-0.1, -0.05) is 23.2 Å². The number of phenols is 1. The van der Waals surface area contributed by atoms with Crippen LogP contribution in [0, 0.1) is 5.82 Å². The Morgan fingerprint density at radius 3 is 2.84 bits per heavy atom. The standard InChI is InChI=1S/C18H12Cl2FN3O/c19-12-3-5-14-16(17(12)20)18(11-8-10(25)2-4-13(11)21)23-9-15-22-6-1-7-24(14)15/h1-6,8,25H,7,9H2. The molecule has 0 amide bonds. The van der Waals surface area contributed by atoms with Crippen molar-refractivity contribution >= 4 is 40.4 Å². The molecule has 0 aliphatic carbocycles. The van der Waals surface area contributed by atoms with E-state index in [2.05, 4.69) is 9.98 Å². The normalized spacial score (nSPS) is 15.9. The molecule has 126 valence electrons. The van der Waals surface area contributed by atoms with Crippen molar-refractivity contribution in [3.8, 4) is 5.75 Å². The molecule has 0 saturated carbocycles. The van der Waals surface area contributed by atoms with Crippen LogP contribution >= 0.6 is 23.2 Å². The maximum Gasteiger partial charge on any atom is 0.132 e. The third-order valence-electron chi connectivity index (χ3n) is 4.11. The van der Waals surface area contributed by atoms with Crippen molar-refractivity contribution in [2.24, 2.45) is 9.98 Å². The summed E-state index contributed by atoms with van der Waals surface area (Å²) in [6, 6.07) is 7.33. The number of aliphatic imine (C=N–C) groups is 2. The monoisotopic (exact) mass is 375 g/mol. The lowest BCUT2D eigenvalue weighted by atomic mass is 9.99. The summed E-state index contributed by atoms with van der Waals surface area (Å²) in [5.41, 5.74) is 1.78. The molecule has 0 spiro atoms. The van der Waals surface area contributed by atoms with Gasteiger partial charge < -0.3 is 10.0 Å². The van der Waals surface area contributed by atoms with Crippen LogP contribution < -0.4 is 4.90 Å². The first-order valence-electron chi connectivity index (χ1n) is 7.57. The highest BCUT2D eigenvalue weighted by atomic mass is 35.5. The zero-order valence-electron chi connectivity index (χ0n) is 12.9. The van der Waals surface area contributed by atoms with Crippen LogP contribution in [-0.2, 0) is 0 Å². The molecule has 0 unspecified atom stereocenters. The van der Waals surface area contributed by atoms with Crippen molar-refractivity contribution in [3.05, 3.63) is 69.6 Å². The molecule has 2 aliphatic rings. The van der Waals surface area contributed by atoms with Gasteiger partial charge in [0.15, 0.2) is 0 Å². The van der Waals surface area contributed by atoms with Gasteiger partial charge in [0.25, 0.3) is 0 Å². The third-order valence-corrected chi connectivity index (χ3v) is 4.92. The highest BCUT2D eigenvalue weighted by Crippen LogP contribution is 2.38. The van der Waals surface area contributed by atoms with Crippen LogP contribution in [-0.4, -0.2) is 29.7 Å². The van der Waals surface area contributed by atoms with E-state index in [9.17, 15) is 9.50 Å². The molecule has 0 fully saturated rings. The van der Waals surface area contributed by atoms with E-state index >= 15 is 0 Å². The summed E-state index contributed by atoms with van der Waals surface area (Å²) in [4.78, 5) is 10.9. The number of benzene rings is 2. The number of amidine groups is 1. The summed E-state index contributed by atoms with van der Waals surface area (Å²) in [6.45, 7) is 0.868. The van der Waals surface area contributed by atoms with Crippen LogP contribution in [0.5, 0.6) is 5.75 Å². The van der Waals surface area contributed by atoms with Gasteiger partial charge in [-0.3, -0.25) is 4.99 Å². The number of anilines is 1. The van der Waals surface area contributed by atoms with Crippen molar-refractivity contribution in [1.29, 1.82) is 0 Å². The average Bonchev–Trinajstić information content (AvgIpc) is 2.78. The summed E-state index contributed by atoms with van der Waals surface area (Å²) < 4.78 is 14.5. The van der Waals surface area contributed by atoms with Crippen molar-refractivity contribution in [1.82, 2.24) is 0 Å². The molecule has 25 heavy (non-hydrogen) atoms. The zero-order valence-corrected chi connectivity index (χ0v) is 14.4. The molecule has 0 radical (unpaired) electrons. The molecule has 7 heteroatoms. The molecular formula is C18H12Cl2FN3O. The van der Waals surface area contributed by atoms with E-state index in [4.69, 9.17) is 23.2 Å². The van der Waals surface area contributed by atoms with Crippen molar-refractivity contribution in [2.45, 2.75) is 0 Å². The molecule has 2 aromatic rings. The Kier molecular flexibility index (Phi) is 3.98. The van der Waals surface area contributed by atoms with Gasteiger partial charge in [-0.15, -0.1) is 0 Å². The molecule has 0 saturated heterocycles. The van der Waals surface area contributed by atoms with Gasteiger partial charge in [0.05, 0.1) is 28.0 Å². The quantitative estimate of drug-likeness (QED) is 0.801. The van der Waals surface area contributed by atoms with Gasteiger partial charge >= 0.3 is 0 Å². The van der Waals surface area contributed by atoms with Gasteiger partial charge in [0, 0.05) is 23.9 Å². The smallest absolute Gasteiger partial charge is 0.132 e. The summed E-state index contributed by atoms with van der Waals surface area (Å²) in [6.07, 6.45) is 3.63. The van der Waals surface area contributed by atoms with E-state index in [1.807, 2.05) is 17.0 Å². The first-order chi connectivity index (χ1) is 12.1. The van der Waals surface area contributed by atoms with E-state index < -0.39 is 5.82 Å². The Morgan fingerprint density at radius 2 is 2.00 bits per heavy atom.